The van der Waals surface area contributed by atoms with E-state index >= 15 is 0 Å². The van der Waals surface area contributed by atoms with Crippen LogP contribution in [0.1, 0.15) is 43.9 Å². The molecule has 202 valence electrons. The zero-order valence-corrected chi connectivity index (χ0v) is 22.3. The summed E-state index contributed by atoms with van der Waals surface area (Å²) in [5.41, 5.74) is 8.90. The summed E-state index contributed by atoms with van der Waals surface area (Å²) in [5.74, 6) is 0.517. The zero-order valence-electron chi connectivity index (χ0n) is 21.6. The van der Waals surface area contributed by atoms with Gasteiger partial charge in [0.15, 0.2) is 11.6 Å². The number of rotatable bonds is 7. The third kappa shape index (κ3) is 5.70. The molecule has 2 aliphatic rings. The molecule has 0 aliphatic carbocycles. The van der Waals surface area contributed by atoms with Gasteiger partial charge in [-0.15, -0.1) is 0 Å². The lowest BCUT2D eigenvalue weighted by molar-refractivity contribution is 0.120. The topological polar surface area (TPSA) is 79.5 Å². The van der Waals surface area contributed by atoms with Gasteiger partial charge in [0.1, 0.15) is 17.3 Å². The number of piperazine rings is 1. The number of nitrogen functional groups attached to an aromatic ring is 1. The van der Waals surface area contributed by atoms with Crippen LogP contribution in [-0.4, -0.2) is 59.3 Å². The Morgan fingerprint density at radius 3 is 2.21 bits per heavy atom. The Kier molecular flexibility index (Phi) is 7.97. The van der Waals surface area contributed by atoms with Crippen molar-refractivity contribution < 1.29 is 13.5 Å². The first-order valence-electron chi connectivity index (χ1n) is 13.0. The minimum absolute atomic E-state index is 0.0221. The molecule has 0 spiro atoms. The normalized spacial score (nSPS) is 22.3. The van der Waals surface area contributed by atoms with E-state index in [2.05, 4.69) is 38.9 Å². The molecule has 0 bridgehead atoms. The highest BCUT2D eigenvalue weighted by molar-refractivity contribution is 6.28. The number of aromatic nitrogens is 2. The molecule has 2 saturated heterocycles. The molecule has 0 amide bonds. The Morgan fingerprint density at radius 1 is 1.00 bits per heavy atom. The molecule has 0 radical (unpaired) electrons. The van der Waals surface area contributed by atoms with Gasteiger partial charge in [0.05, 0.1) is 12.1 Å². The minimum Gasteiger partial charge on any atom is -0.393 e. The minimum atomic E-state index is -0.294. The predicted molar refractivity (Wildman–Crippen MR) is 147 cm³/mol. The van der Waals surface area contributed by atoms with Crippen LogP contribution in [-0.2, 0) is 4.74 Å². The maximum Gasteiger partial charge on any atom is 0.226 e. The van der Waals surface area contributed by atoms with Crippen molar-refractivity contribution in [2.45, 2.75) is 50.9 Å². The number of nitrogens with one attached hydrogen (secondary N) is 1. The number of nitrogens with two attached hydrogens (primary N) is 1. The van der Waals surface area contributed by atoms with Gasteiger partial charge in [0.25, 0.3) is 0 Å². The van der Waals surface area contributed by atoms with Crippen molar-refractivity contribution in [3.63, 3.8) is 0 Å². The van der Waals surface area contributed by atoms with Gasteiger partial charge in [-0.1, -0.05) is 24.3 Å². The summed E-state index contributed by atoms with van der Waals surface area (Å²) in [6, 6.07) is 12.9. The van der Waals surface area contributed by atoms with Crippen molar-refractivity contribution in [2.75, 3.05) is 42.2 Å². The highest BCUT2D eigenvalue weighted by atomic mass is 35.5. The summed E-state index contributed by atoms with van der Waals surface area (Å²) in [5, 5.41) is 3.42. The van der Waals surface area contributed by atoms with E-state index in [0.717, 1.165) is 30.6 Å². The molecule has 0 unspecified atom stereocenters. The molecule has 3 N–H and O–H groups in total. The Hall–Kier alpha value is -3.01. The molecule has 2 fully saturated rings. The van der Waals surface area contributed by atoms with Crippen LogP contribution in [0.5, 0.6) is 0 Å². The van der Waals surface area contributed by atoms with Crippen molar-refractivity contribution in [2.24, 2.45) is 0 Å². The lowest BCUT2D eigenvalue weighted by atomic mass is 9.93. The van der Waals surface area contributed by atoms with Crippen molar-refractivity contribution in [3.05, 3.63) is 76.6 Å². The molecule has 1 aromatic heterocycles. The number of benzene rings is 2. The second kappa shape index (κ2) is 11.4. The first-order chi connectivity index (χ1) is 18.3. The van der Waals surface area contributed by atoms with Crippen LogP contribution >= 0.6 is 11.6 Å². The number of anilines is 3. The first-order valence-corrected chi connectivity index (χ1v) is 13.4. The monoisotopic (exact) mass is 542 g/mol. The Balaban J connectivity index is 1.41. The molecule has 3 aromatic rings. The van der Waals surface area contributed by atoms with Crippen LogP contribution in [0.2, 0.25) is 5.28 Å². The van der Waals surface area contributed by atoms with Crippen LogP contribution in [0.25, 0.3) is 0 Å². The zero-order chi connectivity index (χ0) is 26.8. The summed E-state index contributed by atoms with van der Waals surface area (Å²) in [4.78, 5) is 13.4. The first kappa shape index (κ1) is 26.6. The molecular formula is C28H33ClF2N6O. The fraction of sp³-hybridized carbons (Fsp3) is 0.429. The van der Waals surface area contributed by atoms with Crippen LogP contribution < -0.4 is 16.0 Å². The second-order valence-corrected chi connectivity index (χ2v) is 10.5. The molecule has 3 atom stereocenters. The van der Waals surface area contributed by atoms with Crippen LogP contribution in [0.3, 0.4) is 0 Å². The van der Waals surface area contributed by atoms with Crippen LogP contribution in [0.4, 0.5) is 26.1 Å². The number of hydrogen-bond acceptors (Lipinski definition) is 7. The average Bonchev–Trinajstić information content (AvgIpc) is 3.42. The number of halogens is 3. The van der Waals surface area contributed by atoms with Crippen molar-refractivity contribution in [1.29, 1.82) is 0 Å². The number of hydrogen-bond donors (Lipinski definition) is 2. The van der Waals surface area contributed by atoms with Gasteiger partial charge in [-0.25, -0.2) is 8.78 Å². The van der Waals surface area contributed by atoms with E-state index in [1.807, 2.05) is 0 Å². The molecule has 5 rings (SSSR count). The maximum absolute atomic E-state index is 13.8. The van der Waals surface area contributed by atoms with Crippen LogP contribution in [0, 0.1) is 11.6 Å². The third-order valence-electron chi connectivity index (χ3n) is 7.43. The van der Waals surface area contributed by atoms with Gasteiger partial charge in [-0.2, -0.15) is 9.97 Å². The second-order valence-electron chi connectivity index (χ2n) is 10.1. The van der Waals surface area contributed by atoms with E-state index in [1.165, 1.54) is 24.3 Å². The van der Waals surface area contributed by atoms with E-state index in [4.69, 9.17) is 22.1 Å². The van der Waals surface area contributed by atoms with E-state index in [9.17, 15) is 8.78 Å². The molecule has 2 aliphatic heterocycles. The van der Waals surface area contributed by atoms with Crippen LogP contribution in [0.15, 0.2) is 48.5 Å². The molecular weight excluding hydrogens is 510 g/mol. The highest BCUT2D eigenvalue weighted by Gasteiger charge is 2.36. The summed E-state index contributed by atoms with van der Waals surface area (Å²) < 4.78 is 33.2. The number of nitrogens with zero attached hydrogens (tertiary/aromatic N) is 4. The van der Waals surface area contributed by atoms with E-state index < -0.39 is 0 Å². The van der Waals surface area contributed by atoms with Gasteiger partial charge >= 0.3 is 0 Å². The lowest BCUT2D eigenvalue weighted by Gasteiger charge is -2.48. The fourth-order valence-electron chi connectivity index (χ4n) is 5.47. The molecule has 0 saturated carbocycles. The van der Waals surface area contributed by atoms with E-state index in [0.29, 0.717) is 37.0 Å². The van der Waals surface area contributed by atoms with Gasteiger partial charge in [-0.3, -0.25) is 4.90 Å². The Morgan fingerprint density at radius 2 is 1.63 bits per heavy atom. The standard InChI is InChI=1S/C28H33ClF2N6O/c1-17-16-37(27-24(32)26(34-28(29)35-27)33-14-23-4-3-13-38-23)18(2)15-36(17)25(19-5-9-21(30)10-6-19)20-7-11-22(31)12-8-20/h5-12,17-18,23,25H,3-4,13-16,32H2,1-2H3,(H,33,34,35)/t17-,18+,23+/m1/s1. The maximum atomic E-state index is 13.8. The van der Waals surface area contributed by atoms with Gasteiger partial charge in [0.2, 0.25) is 5.28 Å². The largest absolute Gasteiger partial charge is 0.393 e. The summed E-state index contributed by atoms with van der Waals surface area (Å²) in [6.45, 7) is 6.92. The molecule has 3 heterocycles. The summed E-state index contributed by atoms with van der Waals surface area (Å²) in [7, 11) is 0. The SMILES string of the molecule is C[C@@H]1CN(c2nc(Cl)nc(NC[C@@H]3CCCO3)c2N)[C@@H](C)CN1C(c1ccc(F)cc1)c1ccc(F)cc1. The quantitative estimate of drug-likeness (QED) is 0.394. The molecule has 7 nitrogen and oxygen atoms in total. The molecule has 2 aromatic carbocycles. The predicted octanol–water partition coefficient (Wildman–Crippen LogP) is 5.27. The smallest absolute Gasteiger partial charge is 0.226 e. The lowest BCUT2D eigenvalue weighted by Crippen LogP contribution is -2.57. The summed E-state index contributed by atoms with van der Waals surface area (Å²) in [6.07, 6.45) is 2.18. The van der Waals surface area contributed by atoms with Gasteiger partial charge in [0, 0.05) is 38.3 Å². The van der Waals surface area contributed by atoms with Gasteiger partial charge in [-0.05, 0) is 73.7 Å². The fourth-order valence-corrected chi connectivity index (χ4v) is 5.64. The Bertz CT molecular complexity index is 1190. The van der Waals surface area contributed by atoms with Gasteiger partial charge < -0.3 is 20.7 Å². The summed E-state index contributed by atoms with van der Waals surface area (Å²) >= 11 is 6.34. The van der Waals surface area contributed by atoms with Crippen molar-refractivity contribution in [1.82, 2.24) is 14.9 Å². The average molecular weight is 543 g/mol. The number of ether oxygens (including phenoxy) is 1. The van der Waals surface area contributed by atoms with E-state index in [-0.39, 0.29) is 41.1 Å². The third-order valence-corrected chi connectivity index (χ3v) is 7.60. The molecule has 38 heavy (non-hydrogen) atoms. The molecule has 10 heteroatoms. The van der Waals surface area contributed by atoms with Crippen molar-refractivity contribution in [3.8, 4) is 0 Å². The van der Waals surface area contributed by atoms with E-state index in [1.54, 1.807) is 24.3 Å². The highest BCUT2D eigenvalue weighted by Crippen LogP contribution is 2.37. The van der Waals surface area contributed by atoms with Crippen molar-refractivity contribution >= 4 is 28.9 Å². The Labute approximate surface area is 227 Å².